The quantitative estimate of drug-likeness (QED) is 0.426. The normalized spacial score (nSPS) is 11.5. The molecule has 2 N–H and O–H groups in total. The van der Waals surface area contributed by atoms with Gasteiger partial charge in [0.05, 0.1) is 19.4 Å². The second-order valence-corrected chi connectivity index (χ2v) is 5.19. The zero-order chi connectivity index (χ0) is 13.6. The van der Waals surface area contributed by atoms with Crippen LogP contribution in [0.2, 0.25) is 0 Å². The second kappa shape index (κ2) is 6.60. The summed E-state index contributed by atoms with van der Waals surface area (Å²) in [6.45, 7) is 3.85. The molecule has 0 spiro atoms. The molecule has 0 aromatic carbocycles. The fourth-order valence-corrected chi connectivity index (χ4v) is 2.74. The average Bonchev–Trinajstić information content (AvgIpc) is 2.76. The van der Waals surface area contributed by atoms with E-state index < -0.39 is 13.5 Å². The lowest BCUT2D eigenvalue weighted by Gasteiger charge is -2.16. The third-order valence-corrected chi connectivity index (χ3v) is 3.78. The molecule has 0 aliphatic heterocycles. The van der Waals surface area contributed by atoms with E-state index in [4.69, 9.17) is 14.3 Å². The van der Waals surface area contributed by atoms with Crippen molar-refractivity contribution in [1.29, 1.82) is 0 Å². The summed E-state index contributed by atoms with van der Waals surface area (Å²) in [5.41, 5.74) is 1.32. The van der Waals surface area contributed by atoms with Gasteiger partial charge in [-0.1, -0.05) is 5.21 Å². The number of hydrogen-bond acceptors (Lipinski definition) is 7. The molecule has 10 heteroatoms. The molecule has 1 amide bonds. The first-order valence-electron chi connectivity index (χ1n) is 5.27. The van der Waals surface area contributed by atoms with Gasteiger partial charge < -0.3 is 9.05 Å². The Morgan fingerprint density at radius 2 is 2.11 bits per heavy atom. The highest BCUT2D eigenvalue weighted by molar-refractivity contribution is 7.52. The Bertz CT molecular complexity index is 438. The van der Waals surface area contributed by atoms with Crippen molar-refractivity contribution < 1.29 is 23.6 Å². The summed E-state index contributed by atoms with van der Waals surface area (Å²) < 4.78 is 23.4. The fourth-order valence-electron chi connectivity index (χ4n) is 1.22. The van der Waals surface area contributed by atoms with Crippen molar-refractivity contribution in [3.05, 3.63) is 11.9 Å². The predicted octanol–water partition coefficient (Wildman–Crippen LogP) is 0.621. The topological polar surface area (TPSA) is 116 Å². The smallest absolute Gasteiger partial charge is 0.308 e. The van der Waals surface area contributed by atoms with Gasteiger partial charge in [0.1, 0.15) is 6.29 Å². The van der Waals surface area contributed by atoms with Gasteiger partial charge in [-0.25, -0.2) is 10.2 Å². The minimum Gasteiger partial charge on any atom is -0.308 e. The summed E-state index contributed by atoms with van der Waals surface area (Å²) >= 11 is 0. The molecule has 1 rings (SSSR count). The Balaban J connectivity index is 2.78. The molecule has 1 heterocycles. The number of carbonyl (C=O) groups is 1. The molecule has 1 aromatic heterocycles. The fraction of sp³-hybridized carbons (Fsp3) is 0.625. The first-order chi connectivity index (χ1) is 8.54. The number of hydroxylamine groups is 1. The SMILES string of the molecule is CCOP(=O)(Cn1cc(C(=O)NO)nn1)OCC. The van der Waals surface area contributed by atoms with Crippen molar-refractivity contribution in [2.75, 3.05) is 13.2 Å². The van der Waals surface area contributed by atoms with Crippen LogP contribution in [0, 0.1) is 0 Å². The molecule has 0 aliphatic rings. The monoisotopic (exact) mass is 278 g/mol. The summed E-state index contributed by atoms with van der Waals surface area (Å²) in [6, 6.07) is 0. The number of rotatable bonds is 7. The van der Waals surface area contributed by atoms with E-state index in [-0.39, 0.29) is 25.2 Å². The molecule has 0 radical (unpaired) electrons. The summed E-state index contributed by atoms with van der Waals surface area (Å²) in [7, 11) is -3.30. The molecule has 0 aliphatic carbocycles. The number of nitrogens with zero attached hydrogens (tertiary/aromatic N) is 3. The van der Waals surface area contributed by atoms with Gasteiger partial charge >= 0.3 is 7.60 Å². The lowest BCUT2D eigenvalue weighted by Crippen LogP contribution is -2.18. The molecule has 0 fully saturated rings. The summed E-state index contributed by atoms with van der Waals surface area (Å²) in [4.78, 5) is 11.0. The molecule has 0 unspecified atom stereocenters. The van der Waals surface area contributed by atoms with Crippen molar-refractivity contribution in [1.82, 2.24) is 20.5 Å². The number of carbonyl (C=O) groups excluding carboxylic acids is 1. The van der Waals surface area contributed by atoms with Crippen LogP contribution in [0.4, 0.5) is 0 Å². The van der Waals surface area contributed by atoms with Crippen LogP contribution in [0.25, 0.3) is 0 Å². The van der Waals surface area contributed by atoms with Gasteiger partial charge in [-0.2, -0.15) is 0 Å². The Morgan fingerprint density at radius 1 is 1.50 bits per heavy atom. The maximum Gasteiger partial charge on any atom is 0.351 e. The van der Waals surface area contributed by atoms with Gasteiger partial charge in [0.2, 0.25) is 0 Å². The van der Waals surface area contributed by atoms with Crippen LogP contribution in [0.5, 0.6) is 0 Å². The maximum atomic E-state index is 12.1. The third-order valence-electron chi connectivity index (χ3n) is 1.84. The van der Waals surface area contributed by atoms with E-state index in [1.807, 2.05) is 0 Å². The second-order valence-electron chi connectivity index (χ2n) is 3.17. The number of hydrogen-bond donors (Lipinski definition) is 2. The van der Waals surface area contributed by atoms with Crippen LogP contribution < -0.4 is 5.48 Å². The minimum absolute atomic E-state index is 0.1000. The van der Waals surface area contributed by atoms with Crippen LogP contribution in [0.3, 0.4) is 0 Å². The standard InChI is InChI=1S/C8H15N4O5P/c1-3-16-18(15,17-4-2)6-12-5-7(9-11-12)8(13)10-14/h5,14H,3-4,6H2,1-2H3,(H,10,13). The van der Waals surface area contributed by atoms with Crippen LogP contribution in [-0.4, -0.2) is 39.3 Å². The predicted molar refractivity (Wildman–Crippen MR) is 60.1 cm³/mol. The Hall–Kier alpha value is -1.28. The van der Waals surface area contributed by atoms with Gasteiger partial charge in [0, 0.05) is 0 Å². The van der Waals surface area contributed by atoms with E-state index in [1.54, 1.807) is 13.8 Å². The molecule has 0 saturated carbocycles. The van der Waals surface area contributed by atoms with Crippen LogP contribution in [-0.2, 0) is 19.9 Å². The highest BCUT2D eigenvalue weighted by atomic mass is 31.2. The Labute approximate surface area is 104 Å². The highest BCUT2D eigenvalue weighted by Crippen LogP contribution is 2.49. The number of aromatic nitrogens is 3. The van der Waals surface area contributed by atoms with Gasteiger partial charge in [-0.15, -0.1) is 5.10 Å². The van der Waals surface area contributed by atoms with E-state index in [2.05, 4.69) is 10.3 Å². The number of amides is 1. The third kappa shape index (κ3) is 3.88. The Kier molecular flexibility index (Phi) is 5.42. The zero-order valence-corrected chi connectivity index (χ0v) is 11.0. The van der Waals surface area contributed by atoms with Crippen molar-refractivity contribution in [3.63, 3.8) is 0 Å². The summed E-state index contributed by atoms with van der Waals surface area (Å²) in [5, 5.41) is 15.5. The van der Waals surface area contributed by atoms with Gasteiger partial charge in [0.15, 0.2) is 5.69 Å². The average molecular weight is 278 g/mol. The van der Waals surface area contributed by atoms with Gasteiger partial charge in [0.25, 0.3) is 5.91 Å². The van der Waals surface area contributed by atoms with Crippen LogP contribution >= 0.6 is 7.60 Å². The lowest BCUT2D eigenvalue weighted by atomic mass is 10.5. The zero-order valence-electron chi connectivity index (χ0n) is 10.1. The minimum atomic E-state index is -3.30. The van der Waals surface area contributed by atoms with Crippen LogP contribution in [0.1, 0.15) is 24.3 Å². The molecular weight excluding hydrogens is 263 g/mol. The lowest BCUT2D eigenvalue weighted by molar-refractivity contribution is 0.0700. The number of nitrogens with one attached hydrogen (secondary N) is 1. The molecule has 0 bridgehead atoms. The molecule has 1 aromatic rings. The van der Waals surface area contributed by atoms with E-state index in [0.29, 0.717) is 0 Å². The van der Waals surface area contributed by atoms with E-state index in [9.17, 15) is 9.36 Å². The largest absolute Gasteiger partial charge is 0.351 e. The summed E-state index contributed by atoms with van der Waals surface area (Å²) in [5.74, 6) is -0.802. The Morgan fingerprint density at radius 3 is 2.61 bits per heavy atom. The molecule has 0 saturated heterocycles. The maximum absolute atomic E-state index is 12.1. The molecule has 102 valence electrons. The van der Waals surface area contributed by atoms with Gasteiger partial charge in [-0.05, 0) is 13.8 Å². The van der Waals surface area contributed by atoms with E-state index >= 15 is 0 Å². The molecule has 0 atom stereocenters. The van der Waals surface area contributed by atoms with Crippen molar-refractivity contribution >= 4 is 13.5 Å². The van der Waals surface area contributed by atoms with E-state index in [0.717, 1.165) is 4.68 Å². The molecule has 9 nitrogen and oxygen atoms in total. The first kappa shape index (κ1) is 14.8. The van der Waals surface area contributed by atoms with E-state index in [1.165, 1.54) is 11.7 Å². The first-order valence-corrected chi connectivity index (χ1v) is 7.00. The van der Waals surface area contributed by atoms with Crippen molar-refractivity contribution in [2.45, 2.75) is 20.1 Å². The van der Waals surface area contributed by atoms with Crippen molar-refractivity contribution in [2.24, 2.45) is 0 Å². The van der Waals surface area contributed by atoms with Gasteiger partial charge in [-0.3, -0.25) is 14.6 Å². The molecule has 18 heavy (non-hydrogen) atoms. The van der Waals surface area contributed by atoms with Crippen LogP contribution in [0.15, 0.2) is 6.20 Å². The summed E-state index contributed by atoms with van der Waals surface area (Å²) in [6.07, 6.45) is 1.08. The molecular formula is C8H15N4O5P. The van der Waals surface area contributed by atoms with Crippen molar-refractivity contribution in [3.8, 4) is 0 Å². The highest BCUT2D eigenvalue weighted by Gasteiger charge is 2.25.